The van der Waals surface area contributed by atoms with Gasteiger partial charge in [-0.05, 0) is 35.0 Å². The van der Waals surface area contributed by atoms with E-state index >= 15 is 0 Å². The highest BCUT2D eigenvalue weighted by Crippen LogP contribution is 2.24. The first-order chi connectivity index (χ1) is 8.15. The monoisotopic (exact) mass is 227 g/mol. The van der Waals surface area contributed by atoms with Gasteiger partial charge in [-0.3, -0.25) is 9.59 Å². The summed E-state index contributed by atoms with van der Waals surface area (Å²) in [6.07, 6.45) is 1.54. The highest BCUT2D eigenvalue weighted by Gasteiger charge is 2.05. The lowest BCUT2D eigenvalue weighted by Crippen LogP contribution is -2.08. The van der Waals surface area contributed by atoms with Crippen molar-refractivity contribution >= 4 is 29.0 Å². The maximum absolute atomic E-state index is 11.0. The van der Waals surface area contributed by atoms with Crippen molar-refractivity contribution in [3.05, 3.63) is 41.5 Å². The molecule has 0 radical (unpaired) electrons. The lowest BCUT2D eigenvalue weighted by Gasteiger charge is -2.13. The van der Waals surface area contributed by atoms with Crippen molar-refractivity contribution in [3.63, 3.8) is 0 Å². The van der Waals surface area contributed by atoms with Gasteiger partial charge in [0.15, 0.2) is 6.29 Å². The van der Waals surface area contributed by atoms with Gasteiger partial charge in [-0.15, -0.1) is 0 Å². The van der Waals surface area contributed by atoms with Crippen molar-refractivity contribution < 1.29 is 9.59 Å². The third kappa shape index (κ3) is 2.04. The molecule has 0 aliphatic carbocycles. The van der Waals surface area contributed by atoms with Crippen LogP contribution >= 0.6 is 0 Å². The zero-order chi connectivity index (χ0) is 12.4. The van der Waals surface area contributed by atoms with Gasteiger partial charge in [-0.25, -0.2) is 0 Å². The number of aldehydes is 2. The molecule has 0 saturated carbocycles. The molecular formula is C14H13NO2. The SMILES string of the molecule is CN(C)c1ccc2cc(C=O)cc(C=O)c2c1. The van der Waals surface area contributed by atoms with E-state index in [1.54, 1.807) is 12.1 Å². The third-order valence-corrected chi connectivity index (χ3v) is 2.77. The van der Waals surface area contributed by atoms with Crippen LogP contribution < -0.4 is 4.90 Å². The Morgan fingerprint density at radius 3 is 2.35 bits per heavy atom. The van der Waals surface area contributed by atoms with Crippen molar-refractivity contribution in [2.45, 2.75) is 0 Å². The molecule has 3 nitrogen and oxygen atoms in total. The van der Waals surface area contributed by atoms with E-state index in [1.807, 2.05) is 37.2 Å². The Labute approximate surface area is 99.7 Å². The molecule has 0 fully saturated rings. The van der Waals surface area contributed by atoms with Gasteiger partial charge in [0.05, 0.1) is 0 Å². The minimum Gasteiger partial charge on any atom is -0.378 e. The van der Waals surface area contributed by atoms with E-state index in [9.17, 15) is 9.59 Å². The van der Waals surface area contributed by atoms with Gasteiger partial charge in [0.1, 0.15) is 6.29 Å². The molecule has 3 heteroatoms. The van der Waals surface area contributed by atoms with Crippen LogP contribution in [0.5, 0.6) is 0 Å². The Bertz CT molecular complexity index is 588. The molecule has 0 heterocycles. The number of nitrogens with zero attached hydrogens (tertiary/aromatic N) is 1. The highest BCUT2D eigenvalue weighted by atomic mass is 16.1. The van der Waals surface area contributed by atoms with Gasteiger partial charge in [-0.2, -0.15) is 0 Å². The fraction of sp³-hybridized carbons (Fsp3) is 0.143. The average Bonchev–Trinajstić information content (AvgIpc) is 2.36. The average molecular weight is 227 g/mol. The molecule has 2 rings (SSSR count). The lowest BCUT2D eigenvalue weighted by molar-refractivity contribution is 0.112. The van der Waals surface area contributed by atoms with Gasteiger partial charge >= 0.3 is 0 Å². The molecule has 86 valence electrons. The van der Waals surface area contributed by atoms with Crippen molar-refractivity contribution in [1.29, 1.82) is 0 Å². The molecule has 0 aliphatic heterocycles. The van der Waals surface area contributed by atoms with Crippen molar-refractivity contribution in [1.82, 2.24) is 0 Å². The predicted molar refractivity (Wildman–Crippen MR) is 69.1 cm³/mol. The Morgan fingerprint density at radius 1 is 1.00 bits per heavy atom. The minimum absolute atomic E-state index is 0.525. The summed E-state index contributed by atoms with van der Waals surface area (Å²) in [4.78, 5) is 23.8. The van der Waals surface area contributed by atoms with E-state index in [1.165, 1.54) is 0 Å². The van der Waals surface area contributed by atoms with Crippen LogP contribution in [0, 0.1) is 0 Å². The number of hydrogen-bond donors (Lipinski definition) is 0. The van der Waals surface area contributed by atoms with E-state index in [2.05, 4.69) is 0 Å². The Kier molecular flexibility index (Phi) is 2.91. The van der Waals surface area contributed by atoms with E-state index in [0.717, 1.165) is 29.0 Å². The molecule has 0 spiro atoms. The van der Waals surface area contributed by atoms with Gasteiger partial charge < -0.3 is 4.90 Å². The molecule has 17 heavy (non-hydrogen) atoms. The summed E-state index contributed by atoms with van der Waals surface area (Å²) in [5.41, 5.74) is 2.10. The molecule has 0 unspecified atom stereocenters. The maximum Gasteiger partial charge on any atom is 0.150 e. The summed E-state index contributed by atoms with van der Waals surface area (Å²) in [6, 6.07) is 9.24. The number of carbonyl (C=O) groups excluding carboxylic acids is 2. The van der Waals surface area contributed by atoms with Gasteiger partial charge in [-0.1, -0.05) is 6.07 Å². The molecule has 2 aromatic rings. The second-order valence-corrected chi connectivity index (χ2v) is 4.15. The molecule has 0 amide bonds. The second kappa shape index (κ2) is 4.37. The standard InChI is InChI=1S/C14H13NO2/c1-15(2)13-4-3-11-5-10(8-16)6-12(9-17)14(11)7-13/h3-9H,1-2H3. The number of carbonyl (C=O) groups is 2. The molecule has 0 aromatic heterocycles. The summed E-state index contributed by atoms with van der Waals surface area (Å²) in [5, 5.41) is 1.78. The van der Waals surface area contributed by atoms with E-state index < -0.39 is 0 Å². The van der Waals surface area contributed by atoms with Crippen LogP contribution in [0.1, 0.15) is 20.7 Å². The number of rotatable bonds is 3. The summed E-state index contributed by atoms with van der Waals surface area (Å²) < 4.78 is 0. The number of hydrogen-bond acceptors (Lipinski definition) is 3. The first-order valence-corrected chi connectivity index (χ1v) is 5.31. The van der Waals surface area contributed by atoms with Crippen LogP contribution in [0.4, 0.5) is 5.69 Å². The Morgan fingerprint density at radius 2 is 1.76 bits per heavy atom. The topological polar surface area (TPSA) is 37.4 Å². The Hall–Kier alpha value is -2.16. The largest absolute Gasteiger partial charge is 0.378 e. The molecule has 2 aromatic carbocycles. The fourth-order valence-corrected chi connectivity index (χ4v) is 1.84. The third-order valence-electron chi connectivity index (χ3n) is 2.77. The van der Waals surface area contributed by atoms with Gasteiger partial charge in [0.2, 0.25) is 0 Å². The zero-order valence-corrected chi connectivity index (χ0v) is 9.81. The predicted octanol–water partition coefficient (Wildman–Crippen LogP) is 2.53. The van der Waals surface area contributed by atoms with Gasteiger partial charge in [0, 0.05) is 30.9 Å². The zero-order valence-electron chi connectivity index (χ0n) is 9.81. The van der Waals surface area contributed by atoms with Gasteiger partial charge in [0.25, 0.3) is 0 Å². The normalized spacial score (nSPS) is 10.2. The highest BCUT2D eigenvalue weighted by molar-refractivity contribution is 6.02. The summed E-state index contributed by atoms with van der Waals surface area (Å²) in [6.45, 7) is 0. The number of anilines is 1. The van der Waals surface area contributed by atoms with Crippen LogP contribution in [-0.4, -0.2) is 26.7 Å². The van der Waals surface area contributed by atoms with Crippen LogP contribution in [0.2, 0.25) is 0 Å². The Balaban J connectivity index is 2.76. The summed E-state index contributed by atoms with van der Waals surface area (Å²) >= 11 is 0. The van der Waals surface area contributed by atoms with E-state index in [-0.39, 0.29) is 0 Å². The molecule has 0 atom stereocenters. The minimum atomic E-state index is 0.525. The maximum atomic E-state index is 11.0. The van der Waals surface area contributed by atoms with Crippen molar-refractivity contribution in [3.8, 4) is 0 Å². The quantitative estimate of drug-likeness (QED) is 0.756. The number of benzene rings is 2. The summed E-state index contributed by atoms with van der Waals surface area (Å²) in [7, 11) is 3.89. The molecule has 0 saturated heterocycles. The molecular weight excluding hydrogens is 214 g/mol. The molecule has 0 N–H and O–H groups in total. The lowest BCUT2D eigenvalue weighted by atomic mass is 10.0. The smallest absolute Gasteiger partial charge is 0.150 e. The van der Waals surface area contributed by atoms with E-state index in [4.69, 9.17) is 0 Å². The van der Waals surface area contributed by atoms with Crippen LogP contribution in [0.25, 0.3) is 10.8 Å². The second-order valence-electron chi connectivity index (χ2n) is 4.15. The van der Waals surface area contributed by atoms with Crippen LogP contribution in [-0.2, 0) is 0 Å². The molecule has 0 bridgehead atoms. The summed E-state index contributed by atoms with van der Waals surface area (Å²) in [5.74, 6) is 0. The van der Waals surface area contributed by atoms with Crippen molar-refractivity contribution in [2.75, 3.05) is 19.0 Å². The molecule has 0 aliphatic rings. The number of fused-ring (bicyclic) bond motifs is 1. The van der Waals surface area contributed by atoms with Crippen LogP contribution in [0.15, 0.2) is 30.3 Å². The first-order valence-electron chi connectivity index (χ1n) is 5.31. The van der Waals surface area contributed by atoms with E-state index in [0.29, 0.717) is 11.1 Å². The first kappa shape index (κ1) is 11.3. The fourth-order valence-electron chi connectivity index (χ4n) is 1.84. The van der Waals surface area contributed by atoms with Crippen molar-refractivity contribution in [2.24, 2.45) is 0 Å². The van der Waals surface area contributed by atoms with Crippen LogP contribution in [0.3, 0.4) is 0 Å².